The van der Waals surface area contributed by atoms with Crippen LogP contribution in [-0.2, 0) is 11.2 Å². The number of nitrogens with zero attached hydrogens (tertiary/aromatic N) is 2. The molecule has 1 atom stereocenters. The average Bonchev–Trinajstić information content (AvgIpc) is 2.85. The summed E-state index contributed by atoms with van der Waals surface area (Å²) in [5.74, 6) is 0.0167. The monoisotopic (exact) mass is 303 g/mol. The lowest BCUT2D eigenvalue weighted by Crippen LogP contribution is -2.35. The molecule has 1 amide bonds. The van der Waals surface area contributed by atoms with Crippen LogP contribution in [0.15, 0.2) is 35.7 Å². The molecule has 1 heterocycles. The minimum absolute atomic E-state index is 0.0167. The number of rotatable bonds is 6. The summed E-state index contributed by atoms with van der Waals surface area (Å²) >= 11 is 1.57. The number of aryl methyl sites for hydroxylation is 1. The van der Waals surface area contributed by atoms with E-state index in [1.165, 1.54) is 5.56 Å². The molecule has 0 aliphatic heterocycles. The largest absolute Gasteiger partial charge is 0.354 e. The SMILES string of the molecule is Cc1nc(CC(=O)NCC(c2ccccc2)N(C)C)cs1. The van der Waals surface area contributed by atoms with Crippen LogP contribution >= 0.6 is 11.3 Å². The second kappa shape index (κ2) is 7.33. The van der Waals surface area contributed by atoms with Gasteiger partial charge in [0.15, 0.2) is 0 Å². The van der Waals surface area contributed by atoms with Crippen LogP contribution in [0, 0.1) is 6.92 Å². The lowest BCUT2D eigenvalue weighted by atomic mass is 10.1. The van der Waals surface area contributed by atoms with E-state index in [1.54, 1.807) is 11.3 Å². The minimum Gasteiger partial charge on any atom is -0.354 e. The van der Waals surface area contributed by atoms with Crippen molar-refractivity contribution < 1.29 is 4.79 Å². The minimum atomic E-state index is 0.0167. The van der Waals surface area contributed by atoms with Crippen LogP contribution in [0.3, 0.4) is 0 Å². The molecule has 0 bridgehead atoms. The third-order valence-corrected chi connectivity index (χ3v) is 4.13. The molecule has 0 fully saturated rings. The molecule has 1 N–H and O–H groups in total. The van der Waals surface area contributed by atoms with Gasteiger partial charge in [-0.15, -0.1) is 11.3 Å². The van der Waals surface area contributed by atoms with Gasteiger partial charge in [0.1, 0.15) is 0 Å². The molecular weight excluding hydrogens is 282 g/mol. The number of nitrogens with one attached hydrogen (secondary N) is 1. The second-order valence-electron chi connectivity index (χ2n) is 5.23. The first-order valence-corrected chi connectivity index (χ1v) is 7.83. The van der Waals surface area contributed by atoms with Gasteiger partial charge < -0.3 is 10.2 Å². The van der Waals surface area contributed by atoms with Crippen molar-refractivity contribution in [1.82, 2.24) is 15.2 Å². The number of carbonyl (C=O) groups is 1. The molecule has 1 aromatic carbocycles. The highest BCUT2D eigenvalue weighted by molar-refractivity contribution is 7.09. The number of carbonyl (C=O) groups excluding carboxylic acids is 1. The summed E-state index contributed by atoms with van der Waals surface area (Å²) in [4.78, 5) is 18.4. The molecule has 1 aromatic heterocycles. The van der Waals surface area contributed by atoms with E-state index in [2.05, 4.69) is 27.3 Å². The van der Waals surface area contributed by atoms with E-state index < -0.39 is 0 Å². The summed E-state index contributed by atoms with van der Waals surface area (Å²) in [6.45, 7) is 2.54. The third kappa shape index (κ3) is 4.65. The molecule has 2 aromatic rings. The van der Waals surface area contributed by atoms with Gasteiger partial charge in [-0.1, -0.05) is 30.3 Å². The number of amides is 1. The molecule has 1 unspecified atom stereocenters. The topological polar surface area (TPSA) is 45.2 Å². The van der Waals surface area contributed by atoms with Gasteiger partial charge in [0, 0.05) is 11.9 Å². The van der Waals surface area contributed by atoms with Crippen LogP contribution in [0.5, 0.6) is 0 Å². The van der Waals surface area contributed by atoms with E-state index in [-0.39, 0.29) is 11.9 Å². The molecule has 0 aliphatic rings. The van der Waals surface area contributed by atoms with Crippen molar-refractivity contribution in [2.45, 2.75) is 19.4 Å². The molecular formula is C16H21N3OS. The zero-order chi connectivity index (χ0) is 15.2. The normalized spacial score (nSPS) is 12.4. The van der Waals surface area contributed by atoms with Crippen LogP contribution < -0.4 is 5.32 Å². The highest BCUT2D eigenvalue weighted by atomic mass is 32.1. The Kier molecular flexibility index (Phi) is 5.47. The summed E-state index contributed by atoms with van der Waals surface area (Å²) < 4.78 is 0. The molecule has 0 saturated carbocycles. The number of benzene rings is 1. The maximum Gasteiger partial charge on any atom is 0.226 e. The fourth-order valence-electron chi connectivity index (χ4n) is 2.20. The Morgan fingerprint density at radius 1 is 1.33 bits per heavy atom. The van der Waals surface area contributed by atoms with Gasteiger partial charge in [0.2, 0.25) is 5.91 Å². The first-order valence-electron chi connectivity index (χ1n) is 6.95. The van der Waals surface area contributed by atoms with Crippen LogP contribution in [0.1, 0.15) is 22.3 Å². The molecule has 112 valence electrons. The maximum absolute atomic E-state index is 12.0. The molecule has 0 aliphatic carbocycles. The van der Waals surface area contributed by atoms with E-state index in [0.29, 0.717) is 13.0 Å². The zero-order valence-electron chi connectivity index (χ0n) is 12.7. The number of thiazole rings is 1. The van der Waals surface area contributed by atoms with Gasteiger partial charge in [-0.2, -0.15) is 0 Å². The Morgan fingerprint density at radius 2 is 2.05 bits per heavy atom. The van der Waals surface area contributed by atoms with Crippen molar-refractivity contribution in [3.05, 3.63) is 52.0 Å². The number of hydrogen-bond acceptors (Lipinski definition) is 4. The highest BCUT2D eigenvalue weighted by Gasteiger charge is 2.15. The van der Waals surface area contributed by atoms with Crippen molar-refractivity contribution in [2.75, 3.05) is 20.6 Å². The fourth-order valence-corrected chi connectivity index (χ4v) is 2.81. The summed E-state index contributed by atoms with van der Waals surface area (Å²) in [5, 5.41) is 5.94. The molecule has 2 rings (SSSR count). The van der Waals surface area contributed by atoms with Crippen LogP contribution in [0.4, 0.5) is 0 Å². The highest BCUT2D eigenvalue weighted by Crippen LogP contribution is 2.16. The Bertz CT molecular complexity index is 580. The van der Waals surface area contributed by atoms with Crippen molar-refractivity contribution in [3.63, 3.8) is 0 Å². The van der Waals surface area contributed by atoms with Crippen molar-refractivity contribution in [1.29, 1.82) is 0 Å². The Hall–Kier alpha value is -1.72. The van der Waals surface area contributed by atoms with E-state index >= 15 is 0 Å². The van der Waals surface area contributed by atoms with E-state index in [0.717, 1.165) is 10.7 Å². The molecule has 5 heteroatoms. The standard InChI is InChI=1S/C16H21N3OS/c1-12-18-14(11-21-12)9-16(20)17-10-15(19(2)3)13-7-5-4-6-8-13/h4-8,11,15H,9-10H2,1-3H3,(H,17,20). The van der Waals surface area contributed by atoms with Gasteiger partial charge in [-0.3, -0.25) is 4.79 Å². The summed E-state index contributed by atoms with van der Waals surface area (Å²) in [5.41, 5.74) is 2.04. The molecule has 0 saturated heterocycles. The van der Waals surface area contributed by atoms with Gasteiger partial charge in [-0.05, 0) is 26.6 Å². The van der Waals surface area contributed by atoms with E-state index in [4.69, 9.17) is 0 Å². The molecule has 0 spiro atoms. The summed E-state index contributed by atoms with van der Waals surface area (Å²) in [6.07, 6.45) is 0.347. The zero-order valence-corrected chi connectivity index (χ0v) is 13.5. The lowest BCUT2D eigenvalue weighted by Gasteiger charge is -2.25. The van der Waals surface area contributed by atoms with Crippen LogP contribution in [0.25, 0.3) is 0 Å². The van der Waals surface area contributed by atoms with Crippen molar-refractivity contribution in [2.24, 2.45) is 0 Å². The lowest BCUT2D eigenvalue weighted by molar-refractivity contribution is -0.120. The van der Waals surface area contributed by atoms with E-state index in [1.807, 2.05) is 44.6 Å². The van der Waals surface area contributed by atoms with Gasteiger partial charge >= 0.3 is 0 Å². The van der Waals surface area contributed by atoms with Crippen molar-refractivity contribution >= 4 is 17.2 Å². The van der Waals surface area contributed by atoms with Crippen molar-refractivity contribution in [3.8, 4) is 0 Å². The predicted molar refractivity (Wildman–Crippen MR) is 86.4 cm³/mol. The first-order chi connectivity index (χ1) is 10.1. The number of likely N-dealkylation sites (N-methyl/N-ethyl adjacent to an activating group) is 1. The third-order valence-electron chi connectivity index (χ3n) is 3.31. The molecule has 21 heavy (non-hydrogen) atoms. The Balaban J connectivity index is 1.91. The van der Waals surface area contributed by atoms with Gasteiger partial charge in [0.05, 0.1) is 23.2 Å². The van der Waals surface area contributed by atoms with Crippen LogP contribution in [-0.4, -0.2) is 36.4 Å². The quantitative estimate of drug-likeness (QED) is 0.891. The number of hydrogen-bond donors (Lipinski definition) is 1. The predicted octanol–water partition coefficient (Wildman–Crippen LogP) is 2.41. The first kappa shape index (κ1) is 15.7. The number of aromatic nitrogens is 1. The van der Waals surface area contributed by atoms with E-state index in [9.17, 15) is 4.79 Å². The maximum atomic E-state index is 12.0. The summed E-state index contributed by atoms with van der Waals surface area (Å²) in [6, 6.07) is 10.4. The van der Waals surface area contributed by atoms with Crippen LogP contribution in [0.2, 0.25) is 0 Å². The smallest absolute Gasteiger partial charge is 0.226 e. The molecule has 0 radical (unpaired) electrons. The Labute approximate surface area is 129 Å². The molecule has 4 nitrogen and oxygen atoms in total. The van der Waals surface area contributed by atoms with Gasteiger partial charge in [0.25, 0.3) is 0 Å². The van der Waals surface area contributed by atoms with Gasteiger partial charge in [-0.25, -0.2) is 4.98 Å². The second-order valence-corrected chi connectivity index (χ2v) is 6.29. The fraction of sp³-hybridized carbons (Fsp3) is 0.375. The Morgan fingerprint density at radius 3 is 2.62 bits per heavy atom. The summed E-state index contributed by atoms with van der Waals surface area (Å²) in [7, 11) is 4.04. The average molecular weight is 303 g/mol.